The molecule has 6 heteroatoms. The monoisotopic (exact) mass is 443 g/mol. The summed E-state index contributed by atoms with van der Waals surface area (Å²) in [5, 5.41) is 24.2. The first-order valence-corrected chi connectivity index (χ1v) is 12.7. The summed E-state index contributed by atoms with van der Waals surface area (Å²) in [5.74, 6) is 0.119. The van der Waals surface area contributed by atoms with E-state index in [9.17, 15) is 15.0 Å². The van der Waals surface area contributed by atoms with Crippen LogP contribution in [0.25, 0.3) is 0 Å². The smallest absolute Gasteiger partial charge is 0.234 e. The fourth-order valence-electron chi connectivity index (χ4n) is 6.01. The first-order valence-electron chi connectivity index (χ1n) is 12.7. The summed E-state index contributed by atoms with van der Waals surface area (Å²) in [6.45, 7) is 4.88. The van der Waals surface area contributed by atoms with Gasteiger partial charge in [0.2, 0.25) is 5.91 Å². The van der Waals surface area contributed by atoms with Gasteiger partial charge in [0.15, 0.2) is 0 Å². The third kappa shape index (κ3) is 5.90. The molecule has 0 aromatic heterocycles. The zero-order valence-electron chi connectivity index (χ0n) is 19.4. The van der Waals surface area contributed by atoms with Gasteiger partial charge in [-0.3, -0.25) is 14.6 Å². The van der Waals surface area contributed by atoms with Gasteiger partial charge in [-0.05, 0) is 70.0 Å². The van der Waals surface area contributed by atoms with E-state index in [1.54, 1.807) is 0 Å². The number of aliphatic hydroxyl groups is 2. The molecule has 3 fully saturated rings. The molecule has 3 N–H and O–H groups in total. The summed E-state index contributed by atoms with van der Waals surface area (Å²) < 4.78 is 0. The quantitative estimate of drug-likeness (QED) is 0.588. The second-order valence-corrected chi connectivity index (χ2v) is 10.2. The van der Waals surface area contributed by atoms with Crippen molar-refractivity contribution in [1.29, 1.82) is 0 Å². The molecule has 1 aromatic rings. The van der Waals surface area contributed by atoms with Gasteiger partial charge < -0.3 is 15.5 Å². The molecule has 0 unspecified atom stereocenters. The van der Waals surface area contributed by atoms with Crippen LogP contribution in [0.4, 0.5) is 0 Å². The van der Waals surface area contributed by atoms with E-state index in [0.717, 1.165) is 64.7 Å². The first-order chi connectivity index (χ1) is 15.6. The number of hydrogen-bond donors (Lipinski definition) is 3. The summed E-state index contributed by atoms with van der Waals surface area (Å²) >= 11 is 0. The van der Waals surface area contributed by atoms with E-state index in [0.29, 0.717) is 13.1 Å². The van der Waals surface area contributed by atoms with E-state index >= 15 is 0 Å². The molecule has 0 spiro atoms. The van der Waals surface area contributed by atoms with Crippen LogP contribution in [0.15, 0.2) is 30.3 Å². The number of carbonyl (C=O) groups excluding carboxylic acids is 1. The highest BCUT2D eigenvalue weighted by atomic mass is 16.3. The fraction of sp³-hybridized carbons (Fsp3) is 0.731. The number of piperidine rings is 2. The molecule has 178 valence electrons. The Kier molecular flexibility index (Phi) is 8.22. The fourth-order valence-corrected chi connectivity index (χ4v) is 6.01. The number of rotatable bonds is 6. The van der Waals surface area contributed by atoms with Crippen molar-refractivity contribution >= 4 is 5.91 Å². The second kappa shape index (κ2) is 11.1. The molecule has 3 atom stereocenters. The molecule has 2 saturated heterocycles. The number of hydrogen-bond acceptors (Lipinski definition) is 5. The van der Waals surface area contributed by atoms with Gasteiger partial charge in [-0.1, -0.05) is 36.8 Å². The van der Waals surface area contributed by atoms with Crippen molar-refractivity contribution < 1.29 is 15.0 Å². The Morgan fingerprint density at radius 1 is 0.938 bits per heavy atom. The van der Waals surface area contributed by atoms with Gasteiger partial charge >= 0.3 is 0 Å². The molecule has 0 radical (unpaired) electrons. The van der Waals surface area contributed by atoms with Gasteiger partial charge in [-0.2, -0.15) is 0 Å². The minimum Gasteiger partial charge on any atom is -0.393 e. The Balaban J connectivity index is 1.44. The second-order valence-electron chi connectivity index (χ2n) is 10.2. The van der Waals surface area contributed by atoms with Crippen LogP contribution >= 0.6 is 0 Å². The van der Waals surface area contributed by atoms with Crippen molar-refractivity contribution in [3.8, 4) is 0 Å². The molecule has 1 aliphatic carbocycles. The lowest BCUT2D eigenvalue weighted by atomic mass is 9.74. The summed E-state index contributed by atoms with van der Waals surface area (Å²) in [7, 11) is 0. The SMILES string of the molecule is O=C(CN1CCCCC1)NC[C@@]1(c2ccccc2)CC[C@H](O)[C@@H](N2CCC(O)CC2)CC1. The Hall–Kier alpha value is -1.47. The predicted octanol–water partition coefficient (Wildman–Crippen LogP) is 2.29. The number of amides is 1. The molecular formula is C26H41N3O3. The first kappa shape index (κ1) is 23.7. The number of nitrogens with one attached hydrogen (secondary N) is 1. The van der Waals surface area contributed by atoms with Crippen molar-refractivity contribution in [1.82, 2.24) is 15.1 Å². The third-order valence-electron chi connectivity index (χ3n) is 8.08. The van der Waals surface area contributed by atoms with Crippen LogP contribution in [0.3, 0.4) is 0 Å². The molecule has 4 rings (SSSR count). The molecule has 1 saturated carbocycles. The van der Waals surface area contributed by atoms with E-state index in [4.69, 9.17) is 0 Å². The third-order valence-corrected chi connectivity index (χ3v) is 8.08. The highest BCUT2D eigenvalue weighted by Gasteiger charge is 2.40. The average molecular weight is 444 g/mol. The Morgan fingerprint density at radius 2 is 1.62 bits per heavy atom. The van der Waals surface area contributed by atoms with Crippen LogP contribution in [-0.4, -0.2) is 83.4 Å². The highest BCUT2D eigenvalue weighted by molar-refractivity contribution is 5.78. The minimum atomic E-state index is -0.361. The van der Waals surface area contributed by atoms with Gasteiger partial charge in [-0.15, -0.1) is 0 Å². The highest BCUT2D eigenvalue weighted by Crippen LogP contribution is 2.39. The summed E-state index contributed by atoms with van der Waals surface area (Å²) in [5.41, 5.74) is 1.12. The molecule has 2 aliphatic heterocycles. The molecule has 0 bridgehead atoms. The molecule has 32 heavy (non-hydrogen) atoms. The number of aliphatic hydroxyl groups excluding tert-OH is 2. The maximum absolute atomic E-state index is 12.8. The Labute approximate surface area is 193 Å². The number of carbonyl (C=O) groups is 1. The van der Waals surface area contributed by atoms with Gasteiger partial charge in [0.05, 0.1) is 18.8 Å². The normalized spacial score (nSPS) is 31.2. The Bertz CT molecular complexity index is 716. The van der Waals surface area contributed by atoms with Crippen molar-refractivity contribution in [2.45, 2.75) is 81.5 Å². The van der Waals surface area contributed by atoms with Crippen molar-refractivity contribution in [2.75, 3.05) is 39.3 Å². The molecule has 1 amide bonds. The Morgan fingerprint density at radius 3 is 2.34 bits per heavy atom. The van der Waals surface area contributed by atoms with Gasteiger partial charge in [0.1, 0.15) is 0 Å². The van der Waals surface area contributed by atoms with Gasteiger partial charge in [-0.25, -0.2) is 0 Å². The largest absolute Gasteiger partial charge is 0.393 e. The molecule has 1 aromatic carbocycles. The van der Waals surface area contributed by atoms with Crippen molar-refractivity contribution in [2.24, 2.45) is 0 Å². The molecular weight excluding hydrogens is 402 g/mol. The van der Waals surface area contributed by atoms with Gasteiger partial charge in [0, 0.05) is 31.1 Å². The zero-order chi connectivity index (χ0) is 22.4. The molecule has 3 aliphatic rings. The maximum atomic E-state index is 12.8. The number of likely N-dealkylation sites (tertiary alicyclic amines) is 2. The van der Waals surface area contributed by atoms with E-state index in [2.05, 4.69) is 39.4 Å². The minimum absolute atomic E-state index is 0.119. The topological polar surface area (TPSA) is 76.0 Å². The van der Waals surface area contributed by atoms with E-state index in [1.165, 1.54) is 24.8 Å². The van der Waals surface area contributed by atoms with E-state index < -0.39 is 0 Å². The van der Waals surface area contributed by atoms with Crippen molar-refractivity contribution in [3.63, 3.8) is 0 Å². The van der Waals surface area contributed by atoms with Crippen LogP contribution in [-0.2, 0) is 10.2 Å². The van der Waals surface area contributed by atoms with E-state index in [-0.39, 0.29) is 29.6 Å². The molecule has 2 heterocycles. The van der Waals surface area contributed by atoms with Crippen molar-refractivity contribution in [3.05, 3.63) is 35.9 Å². The average Bonchev–Trinajstić information content (AvgIpc) is 2.99. The maximum Gasteiger partial charge on any atom is 0.234 e. The van der Waals surface area contributed by atoms with E-state index in [1.807, 2.05) is 6.07 Å². The number of nitrogens with zero attached hydrogens (tertiary/aromatic N) is 2. The summed E-state index contributed by atoms with van der Waals surface area (Å²) in [6, 6.07) is 10.7. The lowest BCUT2D eigenvalue weighted by molar-refractivity contribution is -0.122. The standard InChI is InChI=1S/C26H41N3O3/c30-22-11-17-29(18-12-22)23-9-13-26(14-10-24(23)31,21-7-3-1-4-8-21)20-27-25(32)19-28-15-5-2-6-16-28/h1,3-4,7-8,22-24,30-31H,2,5-6,9-20H2,(H,27,32)/t23-,24-,26-/m0/s1. The summed E-state index contributed by atoms with van der Waals surface area (Å²) in [6.07, 6.45) is 8.13. The van der Waals surface area contributed by atoms with Crippen LogP contribution in [0, 0.1) is 0 Å². The van der Waals surface area contributed by atoms with Gasteiger partial charge in [0.25, 0.3) is 0 Å². The zero-order valence-corrected chi connectivity index (χ0v) is 19.4. The predicted molar refractivity (Wildman–Crippen MR) is 126 cm³/mol. The van der Waals surface area contributed by atoms with Crippen LogP contribution < -0.4 is 5.32 Å². The lowest BCUT2D eigenvalue weighted by Crippen LogP contribution is -2.48. The van der Waals surface area contributed by atoms with Crippen LogP contribution in [0.5, 0.6) is 0 Å². The lowest BCUT2D eigenvalue weighted by Gasteiger charge is -2.38. The van der Waals surface area contributed by atoms with Crippen LogP contribution in [0.1, 0.15) is 63.4 Å². The van der Waals surface area contributed by atoms with Crippen LogP contribution in [0.2, 0.25) is 0 Å². The molecule has 6 nitrogen and oxygen atoms in total. The summed E-state index contributed by atoms with van der Waals surface area (Å²) in [4.78, 5) is 17.4. The number of benzene rings is 1.